The number of allylic oxidation sites excluding steroid dienone is 1. The first-order valence-electron chi connectivity index (χ1n) is 10.2. The maximum Gasteiger partial charge on any atom is 0.339 e. The highest BCUT2D eigenvalue weighted by molar-refractivity contribution is 6.07. The van der Waals surface area contributed by atoms with Crippen LogP contribution in [0.2, 0.25) is 0 Å². The minimum atomic E-state index is -0.569. The van der Waals surface area contributed by atoms with Crippen molar-refractivity contribution in [3.63, 3.8) is 0 Å². The molecule has 1 aromatic heterocycles. The van der Waals surface area contributed by atoms with E-state index in [1.54, 1.807) is 12.1 Å². The second-order valence-electron chi connectivity index (χ2n) is 7.46. The molecule has 1 aliphatic carbocycles. The second-order valence-corrected chi connectivity index (χ2v) is 7.46. The first-order valence-corrected chi connectivity index (χ1v) is 10.2. The molecule has 0 atom stereocenters. The summed E-state index contributed by atoms with van der Waals surface area (Å²) in [4.78, 5) is 40.1. The van der Waals surface area contributed by atoms with E-state index in [2.05, 4.69) is 5.32 Å². The summed E-state index contributed by atoms with van der Waals surface area (Å²) >= 11 is 0. The normalized spacial score (nSPS) is 14.1. The number of aromatic nitrogens is 1. The van der Waals surface area contributed by atoms with Gasteiger partial charge in [-0.2, -0.15) is 0 Å². The van der Waals surface area contributed by atoms with E-state index in [1.165, 1.54) is 19.2 Å². The maximum absolute atomic E-state index is 13.0. The molecule has 8 nitrogen and oxygen atoms in total. The predicted octanol–water partition coefficient (Wildman–Crippen LogP) is 3.92. The third-order valence-electron chi connectivity index (χ3n) is 5.41. The van der Waals surface area contributed by atoms with Crippen molar-refractivity contribution in [2.45, 2.75) is 19.3 Å². The zero-order chi connectivity index (χ0) is 22.7. The number of amides is 1. The summed E-state index contributed by atoms with van der Waals surface area (Å²) < 4.78 is 5.28. The number of hydrogen-bond donors (Lipinski definition) is 1. The molecule has 3 aromatic rings. The molecule has 0 radical (unpaired) electrons. The Labute approximate surface area is 184 Å². The minimum Gasteiger partial charge on any atom is -0.452 e. The Morgan fingerprint density at radius 1 is 1.19 bits per heavy atom. The van der Waals surface area contributed by atoms with Gasteiger partial charge in [-0.25, -0.2) is 9.78 Å². The monoisotopic (exact) mass is 431 g/mol. The van der Waals surface area contributed by atoms with Gasteiger partial charge >= 0.3 is 5.97 Å². The van der Waals surface area contributed by atoms with Crippen LogP contribution in [0.5, 0.6) is 0 Å². The molecule has 162 valence electrons. The number of hydrogen-bond acceptors (Lipinski definition) is 6. The fourth-order valence-corrected chi connectivity index (χ4v) is 3.91. The largest absolute Gasteiger partial charge is 0.452 e. The number of pyridine rings is 1. The van der Waals surface area contributed by atoms with Crippen LogP contribution in [0.3, 0.4) is 0 Å². The molecule has 0 spiro atoms. The van der Waals surface area contributed by atoms with Crippen LogP contribution in [0.1, 0.15) is 40.0 Å². The number of fused-ring (bicyclic) bond motifs is 2. The van der Waals surface area contributed by atoms with E-state index in [0.29, 0.717) is 34.1 Å². The van der Waals surface area contributed by atoms with Gasteiger partial charge in [-0.05, 0) is 48.1 Å². The van der Waals surface area contributed by atoms with Gasteiger partial charge in [0.05, 0.1) is 21.7 Å². The van der Waals surface area contributed by atoms with Gasteiger partial charge in [0.25, 0.3) is 11.6 Å². The maximum atomic E-state index is 13.0. The number of nitrogens with zero attached hydrogens (tertiary/aromatic N) is 2. The number of ether oxygens (including phenoxy) is 1. The van der Waals surface area contributed by atoms with Crippen molar-refractivity contribution in [2.75, 3.05) is 13.7 Å². The molecule has 0 saturated heterocycles. The summed E-state index contributed by atoms with van der Waals surface area (Å²) in [6.07, 6.45) is 4.05. The van der Waals surface area contributed by atoms with Gasteiger partial charge in [0.2, 0.25) is 0 Å². The van der Waals surface area contributed by atoms with Gasteiger partial charge in [-0.3, -0.25) is 14.9 Å². The first kappa shape index (κ1) is 21.2. The summed E-state index contributed by atoms with van der Waals surface area (Å²) in [6.45, 7) is -0.364. The molecule has 0 unspecified atom stereocenters. The van der Waals surface area contributed by atoms with Crippen LogP contribution in [0.25, 0.3) is 22.6 Å². The molecule has 0 aliphatic heterocycles. The highest BCUT2D eigenvalue weighted by atomic mass is 16.6. The Morgan fingerprint density at radius 3 is 2.78 bits per heavy atom. The molecular weight excluding hydrogens is 410 g/mol. The van der Waals surface area contributed by atoms with Crippen molar-refractivity contribution in [1.82, 2.24) is 10.3 Å². The zero-order valence-electron chi connectivity index (χ0n) is 17.5. The van der Waals surface area contributed by atoms with E-state index in [0.717, 1.165) is 24.0 Å². The molecule has 1 N–H and O–H groups in total. The van der Waals surface area contributed by atoms with Crippen LogP contribution >= 0.6 is 0 Å². The van der Waals surface area contributed by atoms with Crippen LogP contribution in [-0.2, 0) is 16.0 Å². The number of likely N-dealkylation sites (N-methyl/N-ethyl adjacent to an activating group) is 1. The topological polar surface area (TPSA) is 111 Å². The van der Waals surface area contributed by atoms with Crippen molar-refractivity contribution >= 4 is 40.1 Å². The first-order chi connectivity index (χ1) is 15.5. The van der Waals surface area contributed by atoms with E-state index in [4.69, 9.17) is 9.72 Å². The molecule has 0 saturated carbocycles. The number of carbonyl (C=O) groups excluding carboxylic acids is 2. The number of non-ortho nitro benzene ring substituents is 1. The lowest BCUT2D eigenvalue weighted by atomic mass is 9.86. The van der Waals surface area contributed by atoms with Crippen molar-refractivity contribution in [2.24, 2.45) is 0 Å². The summed E-state index contributed by atoms with van der Waals surface area (Å²) in [5, 5.41) is 14.2. The van der Waals surface area contributed by atoms with E-state index in [9.17, 15) is 19.7 Å². The third kappa shape index (κ3) is 4.20. The molecular formula is C24H21N3O5. The number of esters is 1. The molecule has 8 heteroatoms. The van der Waals surface area contributed by atoms with Crippen LogP contribution in [-0.4, -0.2) is 35.4 Å². The number of nitro groups is 1. The highest BCUT2D eigenvalue weighted by Crippen LogP contribution is 2.36. The number of nitro benzene ring substituents is 1. The Bertz CT molecular complexity index is 1270. The lowest BCUT2D eigenvalue weighted by Crippen LogP contribution is -2.26. The summed E-state index contributed by atoms with van der Waals surface area (Å²) in [5.74, 6) is -0.961. The number of benzene rings is 2. The highest BCUT2D eigenvalue weighted by Gasteiger charge is 2.26. The van der Waals surface area contributed by atoms with Gasteiger partial charge in [-0.15, -0.1) is 0 Å². The van der Waals surface area contributed by atoms with E-state index >= 15 is 0 Å². The second kappa shape index (κ2) is 8.97. The van der Waals surface area contributed by atoms with Crippen LogP contribution in [0.4, 0.5) is 5.69 Å². The van der Waals surface area contributed by atoms with Crippen molar-refractivity contribution < 1.29 is 19.2 Å². The van der Waals surface area contributed by atoms with Crippen LogP contribution in [0, 0.1) is 10.1 Å². The lowest BCUT2D eigenvalue weighted by molar-refractivity contribution is -0.384. The molecule has 32 heavy (non-hydrogen) atoms. The molecule has 0 fully saturated rings. The van der Waals surface area contributed by atoms with Crippen molar-refractivity contribution in [1.29, 1.82) is 0 Å². The standard InChI is InChI=1S/C24H21N3O5/c1-25-21(28)14-32-24(29)22-18-9-2-3-11-20(18)26-23-16(7-5-10-19(22)23)12-15-6-4-8-17(13-15)27(30)31/h2-4,6,8-9,11-13H,5,7,10,14H2,1H3,(H,25,28)/b16-12+. The Balaban J connectivity index is 1.83. The summed E-state index contributed by atoms with van der Waals surface area (Å²) in [5.41, 5.74) is 4.13. The summed E-state index contributed by atoms with van der Waals surface area (Å²) in [7, 11) is 1.48. The van der Waals surface area contributed by atoms with Gasteiger partial charge < -0.3 is 10.1 Å². The van der Waals surface area contributed by atoms with Crippen molar-refractivity contribution in [3.05, 3.63) is 81.0 Å². The molecule has 1 aliphatic rings. The van der Waals surface area contributed by atoms with Crippen molar-refractivity contribution in [3.8, 4) is 0 Å². The van der Waals surface area contributed by atoms with E-state index < -0.39 is 16.8 Å². The predicted molar refractivity (Wildman–Crippen MR) is 120 cm³/mol. The lowest BCUT2D eigenvalue weighted by Gasteiger charge is -2.22. The Kier molecular flexibility index (Phi) is 5.93. The zero-order valence-corrected chi connectivity index (χ0v) is 17.5. The molecule has 1 heterocycles. The molecule has 2 aromatic carbocycles. The Hall–Kier alpha value is -4.07. The van der Waals surface area contributed by atoms with Crippen LogP contribution in [0.15, 0.2) is 48.5 Å². The number of carbonyl (C=O) groups is 2. The number of para-hydroxylation sites is 1. The fraction of sp³-hybridized carbons (Fsp3) is 0.208. The molecule has 0 bridgehead atoms. The molecule has 1 amide bonds. The summed E-state index contributed by atoms with van der Waals surface area (Å²) in [6, 6.07) is 13.7. The fourth-order valence-electron chi connectivity index (χ4n) is 3.91. The average molecular weight is 431 g/mol. The smallest absolute Gasteiger partial charge is 0.339 e. The van der Waals surface area contributed by atoms with E-state index in [-0.39, 0.29) is 12.3 Å². The molecule has 4 rings (SSSR count). The average Bonchev–Trinajstić information content (AvgIpc) is 2.81. The van der Waals surface area contributed by atoms with Gasteiger partial charge in [0.1, 0.15) is 0 Å². The minimum absolute atomic E-state index is 0.0142. The van der Waals surface area contributed by atoms with Gasteiger partial charge in [-0.1, -0.05) is 30.3 Å². The third-order valence-corrected chi connectivity index (χ3v) is 5.41. The van der Waals surface area contributed by atoms with Crippen LogP contribution < -0.4 is 5.32 Å². The van der Waals surface area contributed by atoms with Gasteiger partial charge in [0.15, 0.2) is 6.61 Å². The van der Waals surface area contributed by atoms with Gasteiger partial charge in [0, 0.05) is 24.6 Å². The number of nitrogens with one attached hydrogen (secondary N) is 1. The van der Waals surface area contributed by atoms with E-state index in [1.807, 2.05) is 30.3 Å². The number of rotatable bonds is 5. The Morgan fingerprint density at radius 2 is 2.00 bits per heavy atom. The SMILES string of the molecule is CNC(=O)COC(=O)c1c2c(nc3ccccc13)/C(=C/c1cccc([N+](=O)[O-])c1)CCC2. The quantitative estimate of drug-likeness (QED) is 0.372.